The molecule has 26 heavy (non-hydrogen) atoms. The molecule has 3 rings (SSSR count). The van der Waals surface area contributed by atoms with Crippen molar-refractivity contribution in [3.05, 3.63) is 35.4 Å². The van der Waals surface area contributed by atoms with Crippen molar-refractivity contribution in [1.29, 1.82) is 0 Å². The fourth-order valence-corrected chi connectivity index (χ4v) is 4.16. The lowest BCUT2D eigenvalue weighted by Crippen LogP contribution is -2.46. The maximum absolute atomic E-state index is 12.6. The Labute approximate surface area is 155 Å². The van der Waals surface area contributed by atoms with E-state index >= 15 is 0 Å². The molecule has 3 amide bonds. The van der Waals surface area contributed by atoms with Crippen molar-refractivity contribution in [1.82, 2.24) is 10.2 Å². The predicted molar refractivity (Wildman–Crippen MR) is 100 cm³/mol. The number of ketones is 1. The highest BCUT2D eigenvalue weighted by molar-refractivity contribution is 6.11. The second-order valence-electron chi connectivity index (χ2n) is 7.49. The maximum Gasteiger partial charge on any atom is 0.325 e. The van der Waals surface area contributed by atoms with Crippen LogP contribution in [0.2, 0.25) is 0 Å². The van der Waals surface area contributed by atoms with Crippen molar-refractivity contribution in [3.8, 4) is 0 Å². The van der Waals surface area contributed by atoms with Gasteiger partial charge < -0.3 is 5.32 Å². The van der Waals surface area contributed by atoms with Crippen LogP contribution in [0.5, 0.6) is 0 Å². The van der Waals surface area contributed by atoms with Crippen LogP contribution in [-0.2, 0) is 4.79 Å². The minimum atomic E-state index is -0.859. The number of Topliss-reactive ketones (excluding diaryl/α,β-unsaturated/α-hetero) is 1. The lowest BCUT2D eigenvalue weighted by atomic mass is 9.84. The summed E-state index contributed by atoms with van der Waals surface area (Å²) < 4.78 is 0. The fraction of sp³-hybridized carbons (Fsp3) is 0.571. The lowest BCUT2D eigenvalue weighted by molar-refractivity contribution is -0.131. The van der Waals surface area contributed by atoms with Gasteiger partial charge in [-0.25, -0.2) is 4.79 Å². The average molecular weight is 356 g/mol. The van der Waals surface area contributed by atoms with E-state index in [2.05, 4.69) is 5.32 Å². The van der Waals surface area contributed by atoms with Crippen molar-refractivity contribution >= 4 is 17.7 Å². The van der Waals surface area contributed by atoms with Crippen molar-refractivity contribution in [2.75, 3.05) is 6.54 Å². The summed E-state index contributed by atoms with van der Waals surface area (Å²) in [5.74, 6) is 0.0972. The van der Waals surface area contributed by atoms with Gasteiger partial charge in [-0.2, -0.15) is 0 Å². The molecule has 1 aliphatic carbocycles. The summed E-state index contributed by atoms with van der Waals surface area (Å²) in [6.45, 7) is 3.54. The van der Waals surface area contributed by atoms with Gasteiger partial charge in [0.1, 0.15) is 5.54 Å². The van der Waals surface area contributed by atoms with Gasteiger partial charge in [0.2, 0.25) is 0 Å². The van der Waals surface area contributed by atoms with E-state index in [9.17, 15) is 14.4 Å². The molecule has 0 spiro atoms. The molecule has 1 aromatic carbocycles. The molecule has 140 valence electrons. The van der Waals surface area contributed by atoms with Gasteiger partial charge >= 0.3 is 6.03 Å². The molecule has 1 heterocycles. The Balaban J connectivity index is 1.68. The van der Waals surface area contributed by atoms with E-state index in [1.54, 1.807) is 0 Å². The van der Waals surface area contributed by atoms with Crippen LogP contribution in [0, 0.1) is 0 Å². The second kappa shape index (κ2) is 7.60. The van der Waals surface area contributed by atoms with Crippen molar-refractivity contribution < 1.29 is 14.4 Å². The summed E-state index contributed by atoms with van der Waals surface area (Å²) in [4.78, 5) is 38.5. The maximum atomic E-state index is 12.6. The summed E-state index contributed by atoms with van der Waals surface area (Å²) in [6.07, 6.45) is 7.33. The van der Waals surface area contributed by atoms with Crippen molar-refractivity contribution in [2.45, 2.75) is 70.3 Å². The number of hydrogen-bond donors (Lipinski definition) is 1. The fourth-order valence-electron chi connectivity index (χ4n) is 4.16. The van der Waals surface area contributed by atoms with Crippen LogP contribution in [0.4, 0.5) is 4.79 Å². The lowest BCUT2D eigenvalue weighted by Gasteiger charge is -2.23. The Hall–Kier alpha value is -2.17. The van der Waals surface area contributed by atoms with Crippen LogP contribution in [-0.4, -0.2) is 34.7 Å². The zero-order valence-corrected chi connectivity index (χ0v) is 15.7. The molecule has 0 aromatic heterocycles. The molecule has 0 atom stereocenters. The summed E-state index contributed by atoms with van der Waals surface area (Å²) in [5, 5.41) is 2.76. The van der Waals surface area contributed by atoms with Gasteiger partial charge in [-0.1, -0.05) is 57.4 Å². The zero-order valence-electron chi connectivity index (χ0n) is 15.7. The summed E-state index contributed by atoms with van der Waals surface area (Å²) >= 11 is 0. The van der Waals surface area contributed by atoms with Gasteiger partial charge in [0.05, 0.1) is 6.54 Å². The number of amides is 3. The number of nitrogens with one attached hydrogen (secondary N) is 1. The Bertz CT molecular complexity index is 686. The highest BCUT2D eigenvalue weighted by atomic mass is 16.2. The molecule has 1 saturated carbocycles. The molecule has 0 unspecified atom stereocenters. The van der Waals surface area contributed by atoms with Crippen LogP contribution < -0.4 is 5.32 Å². The number of urea groups is 1. The first-order chi connectivity index (χ1) is 12.5. The molecule has 2 fully saturated rings. The Morgan fingerprint density at radius 3 is 2.23 bits per heavy atom. The largest absolute Gasteiger partial charge is 0.325 e. The number of carbonyl (C=O) groups is 3. The monoisotopic (exact) mass is 356 g/mol. The first kappa shape index (κ1) is 18.6. The number of benzene rings is 1. The van der Waals surface area contributed by atoms with Gasteiger partial charge in [-0.15, -0.1) is 0 Å². The molecule has 1 N–H and O–H groups in total. The minimum Gasteiger partial charge on any atom is -0.323 e. The third-order valence-electron chi connectivity index (χ3n) is 6.06. The van der Waals surface area contributed by atoms with Gasteiger partial charge in [-0.05, 0) is 37.2 Å². The van der Waals surface area contributed by atoms with E-state index in [1.165, 1.54) is 37.7 Å². The van der Waals surface area contributed by atoms with E-state index in [0.29, 0.717) is 24.3 Å². The summed E-state index contributed by atoms with van der Waals surface area (Å²) in [7, 11) is 0. The molecule has 2 aliphatic rings. The second-order valence-corrected chi connectivity index (χ2v) is 7.49. The van der Waals surface area contributed by atoms with Gasteiger partial charge in [0, 0.05) is 5.56 Å². The van der Waals surface area contributed by atoms with E-state index in [0.717, 1.165) is 4.90 Å². The van der Waals surface area contributed by atoms with E-state index < -0.39 is 11.6 Å². The number of nitrogens with zero attached hydrogens (tertiary/aromatic N) is 1. The van der Waals surface area contributed by atoms with Gasteiger partial charge in [0.25, 0.3) is 5.91 Å². The van der Waals surface area contributed by atoms with E-state index in [-0.39, 0.29) is 18.2 Å². The summed E-state index contributed by atoms with van der Waals surface area (Å²) in [6, 6.07) is 7.25. The SMILES string of the molecule is CCC1(CC)NC(=O)N(CC(=O)c2ccc(C3CCCCC3)cc2)C1=O. The molecular formula is C21H28N2O3. The van der Waals surface area contributed by atoms with Crippen LogP contribution in [0.3, 0.4) is 0 Å². The Morgan fingerprint density at radius 1 is 1.08 bits per heavy atom. The van der Waals surface area contributed by atoms with Gasteiger partial charge in [0.15, 0.2) is 5.78 Å². The minimum absolute atomic E-state index is 0.199. The molecular weight excluding hydrogens is 328 g/mol. The molecule has 0 radical (unpaired) electrons. The number of rotatable bonds is 6. The highest BCUT2D eigenvalue weighted by Gasteiger charge is 2.49. The first-order valence-corrected chi connectivity index (χ1v) is 9.78. The van der Waals surface area contributed by atoms with E-state index in [4.69, 9.17) is 0 Å². The standard InChI is InChI=1S/C21H28N2O3/c1-3-21(4-2)19(25)23(20(26)22-21)14-18(24)17-12-10-16(11-13-17)15-8-6-5-7-9-15/h10-13,15H,3-9,14H2,1-2H3,(H,22,26). The average Bonchev–Trinajstić information content (AvgIpc) is 2.93. The van der Waals surface area contributed by atoms with Crippen molar-refractivity contribution in [2.24, 2.45) is 0 Å². The normalized spacial score (nSPS) is 20.3. The van der Waals surface area contributed by atoms with Crippen molar-refractivity contribution in [3.63, 3.8) is 0 Å². The summed E-state index contributed by atoms with van der Waals surface area (Å²) in [5.41, 5.74) is 0.977. The zero-order chi connectivity index (χ0) is 18.7. The van der Waals surface area contributed by atoms with Crippen LogP contribution in [0.25, 0.3) is 0 Å². The predicted octanol–water partition coefficient (Wildman–Crippen LogP) is 4.03. The molecule has 1 aromatic rings. The van der Waals surface area contributed by atoms with Crippen LogP contribution >= 0.6 is 0 Å². The smallest absolute Gasteiger partial charge is 0.323 e. The third-order valence-corrected chi connectivity index (χ3v) is 6.06. The molecule has 5 heteroatoms. The third kappa shape index (κ3) is 3.39. The Kier molecular flexibility index (Phi) is 5.44. The Morgan fingerprint density at radius 2 is 1.69 bits per heavy atom. The van der Waals surface area contributed by atoms with E-state index in [1.807, 2.05) is 38.1 Å². The number of imide groups is 1. The van der Waals surface area contributed by atoms with Gasteiger partial charge in [-0.3, -0.25) is 14.5 Å². The van der Waals surface area contributed by atoms with Crippen LogP contribution in [0.1, 0.15) is 80.6 Å². The molecule has 1 aliphatic heterocycles. The molecule has 5 nitrogen and oxygen atoms in total. The number of carbonyl (C=O) groups excluding carboxylic acids is 3. The topological polar surface area (TPSA) is 66.5 Å². The number of hydrogen-bond acceptors (Lipinski definition) is 3. The van der Waals surface area contributed by atoms with Crippen LogP contribution in [0.15, 0.2) is 24.3 Å². The highest BCUT2D eigenvalue weighted by Crippen LogP contribution is 2.32. The first-order valence-electron chi connectivity index (χ1n) is 9.78. The molecule has 0 bridgehead atoms. The quantitative estimate of drug-likeness (QED) is 0.618. The molecule has 1 saturated heterocycles.